The lowest BCUT2D eigenvalue weighted by atomic mass is 10.1. The SMILES string of the molecule is CCc1ccc(CN(C)C(=O)CSc2nc3scc(-c4cccs4)c3c(=O)n2C)cc1. The summed E-state index contributed by atoms with van der Waals surface area (Å²) in [4.78, 5) is 33.9. The molecule has 0 N–H and O–H groups in total. The molecule has 0 aliphatic rings. The molecule has 0 saturated carbocycles. The molecule has 0 aliphatic carbocycles. The predicted molar refractivity (Wildman–Crippen MR) is 131 cm³/mol. The first kappa shape index (κ1) is 21.8. The molecule has 3 heterocycles. The Morgan fingerprint density at radius 2 is 1.90 bits per heavy atom. The minimum Gasteiger partial charge on any atom is -0.341 e. The summed E-state index contributed by atoms with van der Waals surface area (Å²) in [5, 5.41) is 5.20. The zero-order valence-electron chi connectivity index (χ0n) is 17.6. The molecule has 0 bridgehead atoms. The lowest BCUT2D eigenvalue weighted by molar-refractivity contribution is -0.127. The topological polar surface area (TPSA) is 55.2 Å². The second kappa shape index (κ2) is 9.38. The summed E-state index contributed by atoms with van der Waals surface area (Å²) in [7, 11) is 3.52. The molecule has 31 heavy (non-hydrogen) atoms. The van der Waals surface area contributed by atoms with Crippen molar-refractivity contribution in [2.75, 3.05) is 12.8 Å². The summed E-state index contributed by atoms with van der Waals surface area (Å²) in [6, 6.07) is 12.3. The third-order valence-electron chi connectivity index (χ3n) is 5.16. The van der Waals surface area contributed by atoms with Crippen LogP contribution in [0.3, 0.4) is 0 Å². The van der Waals surface area contributed by atoms with E-state index < -0.39 is 0 Å². The van der Waals surface area contributed by atoms with E-state index in [0.29, 0.717) is 21.9 Å². The van der Waals surface area contributed by atoms with Crippen LogP contribution in [0.25, 0.3) is 20.7 Å². The molecule has 5 nitrogen and oxygen atoms in total. The molecule has 0 saturated heterocycles. The van der Waals surface area contributed by atoms with Crippen molar-refractivity contribution in [1.29, 1.82) is 0 Å². The van der Waals surface area contributed by atoms with E-state index in [9.17, 15) is 9.59 Å². The van der Waals surface area contributed by atoms with Crippen LogP contribution in [0.5, 0.6) is 0 Å². The molecular weight excluding hydrogens is 446 g/mol. The molecule has 0 fully saturated rings. The van der Waals surface area contributed by atoms with Crippen molar-refractivity contribution < 1.29 is 4.79 Å². The molecule has 4 rings (SSSR count). The van der Waals surface area contributed by atoms with Crippen LogP contribution in [0, 0.1) is 0 Å². The van der Waals surface area contributed by atoms with E-state index in [1.165, 1.54) is 28.7 Å². The maximum absolute atomic E-state index is 13.0. The fraction of sp³-hybridized carbons (Fsp3) is 0.261. The van der Waals surface area contributed by atoms with E-state index in [2.05, 4.69) is 36.2 Å². The number of carbonyl (C=O) groups is 1. The van der Waals surface area contributed by atoms with E-state index in [0.717, 1.165) is 22.4 Å². The van der Waals surface area contributed by atoms with Gasteiger partial charge in [-0.15, -0.1) is 22.7 Å². The number of rotatable bonds is 7. The van der Waals surface area contributed by atoms with Gasteiger partial charge in [-0.3, -0.25) is 14.2 Å². The monoisotopic (exact) mass is 469 g/mol. The van der Waals surface area contributed by atoms with Crippen LogP contribution in [-0.4, -0.2) is 33.2 Å². The summed E-state index contributed by atoms with van der Waals surface area (Å²) < 4.78 is 1.55. The minimum atomic E-state index is -0.0750. The van der Waals surface area contributed by atoms with Gasteiger partial charge < -0.3 is 4.90 Å². The second-order valence-electron chi connectivity index (χ2n) is 7.27. The summed E-state index contributed by atoms with van der Waals surface area (Å²) in [6.45, 7) is 2.68. The largest absolute Gasteiger partial charge is 0.341 e. The van der Waals surface area contributed by atoms with Gasteiger partial charge in [0.05, 0.1) is 11.1 Å². The molecule has 0 radical (unpaired) electrons. The normalized spacial score (nSPS) is 11.2. The first-order valence-corrected chi connectivity index (χ1v) is 12.7. The van der Waals surface area contributed by atoms with Crippen molar-refractivity contribution in [2.24, 2.45) is 7.05 Å². The zero-order valence-corrected chi connectivity index (χ0v) is 20.1. The van der Waals surface area contributed by atoms with Crippen molar-refractivity contribution in [3.63, 3.8) is 0 Å². The zero-order chi connectivity index (χ0) is 22.0. The average molecular weight is 470 g/mol. The van der Waals surface area contributed by atoms with Crippen LogP contribution < -0.4 is 5.56 Å². The van der Waals surface area contributed by atoms with Gasteiger partial charge in [0, 0.05) is 36.5 Å². The van der Waals surface area contributed by atoms with E-state index in [-0.39, 0.29) is 17.2 Å². The summed E-state index contributed by atoms with van der Waals surface area (Å²) in [5.74, 6) is 0.239. The van der Waals surface area contributed by atoms with Crippen molar-refractivity contribution in [3.8, 4) is 10.4 Å². The van der Waals surface area contributed by atoms with Gasteiger partial charge in [0.25, 0.3) is 5.56 Å². The molecule has 0 spiro atoms. The van der Waals surface area contributed by atoms with Crippen LogP contribution in [0.2, 0.25) is 0 Å². The van der Waals surface area contributed by atoms with Gasteiger partial charge in [-0.1, -0.05) is 49.0 Å². The number of hydrogen-bond donors (Lipinski definition) is 0. The molecule has 1 aromatic carbocycles. The Kier molecular flexibility index (Phi) is 6.60. The van der Waals surface area contributed by atoms with Crippen LogP contribution in [-0.2, 0) is 24.8 Å². The Bertz CT molecular complexity index is 1260. The molecule has 8 heteroatoms. The number of hydrogen-bond acceptors (Lipinski definition) is 6. The first-order chi connectivity index (χ1) is 15.0. The van der Waals surface area contributed by atoms with Gasteiger partial charge in [0.1, 0.15) is 4.83 Å². The number of aryl methyl sites for hydroxylation is 1. The standard InChI is InChI=1S/C23H23N3O2S3/c1-4-15-7-9-16(10-8-15)12-25(2)19(27)14-31-23-24-21-20(22(28)26(23)3)17(13-30-21)18-6-5-11-29-18/h5-11,13H,4,12,14H2,1-3H3. The van der Waals surface area contributed by atoms with E-state index in [1.807, 2.05) is 22.9 Å². The molecular formula is C23H23N3O2S3. The Hall–Kier alpha value is -2.42. The van der Waals surface area contributed by atoms with Gasteiger partial charge in [-0.25, -0.2) is 4.98 Å². The Morgan fingerprint density at radius 1 is 1.16 bits per heavy atom. The number of aromatic nitrogens is 2. The van der Waals surface area contributed by atoms with Crippen LogP contribution in [0.1, 0.15) is 18.1 Å². The second-order valence-corrected chi connectivity index (χ2v) is 10.0. The molecule has 1 amide bonds. The highest BCUT2D eigenvalue weighted by Crippen LogP contribution is 2.34. The predicted octanol–water partition coefficient (Wildman–Crippen LogP) is 5.04. The Morgan fingerprint density at radius 3 is 2.58 bits per heavy atom. The summed E-state index contributed by atoms with van der Waals surface area (Å²) in [6.07, 6.45) is 1.00. The molecule has 3 aromatic heterocycles. The highest BCUT2D eigenvalue weighted by Gasteiger charge is 2.18. The maximum atomic E-state index is 13.0. The quantitative estimate of drug-likeness (QED) is 0.281. The summed E-state index contributed by atoms with van der Waals surface area (Å²) >= 11 is 4.38. The van der Waals surface area contributed by atoms with Crippen molar-refractivity contribution in [2.45, 2.75) is 25.0 Å². The highest BCUT2D eigenvalue weighted by molar-refractivity contribution is 7.99. The number of thiophene rings is 2. The maximum Gasteiger partial charge on any atom is 0.263 e. The fourth-order valence-corrected chi connectivity index (χ4v) is 5.99. The summed E-state index contributed by atoms with van der Waals surface area (Å²) in [5.41, 5.74) is 3.25. The lowest BCUT2D eigenvalue weighted by Crippen LogP contribution is -2.28. The third-order valence-corrected chi connectivity index (χ3v) is 7.95. The van der Waals surface area contributed by atoms with E-state index in [1.54, 1.807) is 34.9 Å². The van der Waals surface area contributed by atoms with Crippen LogP contribution in [0.4, 0.5) is 0 Å². The number of thioether (sulfide) groups is 1. The van der Waals surface area contributed by atoms with Crippen molar-refractivity contribution in [3.05, 3.63) is 68.6 Å². The lowest BCUT2D eigenvalue weighted by Gasteiger charge is -2.17. The van der Waals surface area contributed by atoms with Crippen LogP contribution in [0.15, 0.2) is 57.1 Å². The fourth-order valence-electron chi connectivity index (χ4n) is 3.27. The number of amides is 1. The number of benzene rings is 1. The Balaban J connectivity index is 1.47. The van der Waals surface area contributed by atoms with E-state index >= 15 is 0 Å². The molecule has 0 aliphatic heterocycles. The highest BCUT2D eigenvalue weighted by atomic mass is 32.2. The van der Waals surface area contributed by atoms with E-state index in [4.69, 9.17) is 0 Å². The minimum absolute atomic E-state index is 0.00404. The van der Waals surface area contributed by atoms with Crippen LogP contribution >= 0.6 is 34.4 Å². The third kappa shape index (κ3) is 4.61. The smallest absolute Gasteiger partial charge is 0.263 e. The molecule has 160 valence electrons. The van der Waals surface area contributed by atoms with Crippen molar-refractivity contribution >= 4 is 50.6 Å². The van der Waals surface area contributed by atoms with Gasteiger partial charge >= 0.3 is 0 Å². The number of fused-ring (bicyclic) bond motifs is 1. The van der Waals surface area contributed by atoms with Gasteiger partial charge in [0.2, 0.25) is 5.91 Å². The first-order valence-electron chi connectivity index (χ1n) is 9.94. The average Bonchev–Trinajstić information content (AvgIpc) is 3.45. The number of nitrogens with zero attached hydrogens (tertiary/aromatic N) is 3. The van der Waals surface area contributed by atoms with Crippen molar-refractivity contribution in [1.82, 2.24) is 14.5 Å². The molecule has 0 unspecified atom stereocenters. The van der Waals surface area contributed by atoms with Gasteiger partial charge in [0.15, 0.2) is 5.16 Å². The molecule has 4 aromatic rings. The number of carbonyl (C=O) groups excluding carboxylic acids is 1. The van der Waals surface area contributed by atoms with Gasteiger partial charge in [-0.2, -0.15) is 0 Å². The van der Waals surface area contributed by atoms with Gasteiger partial charge in [-0.05, 0) is 29.0 Å². The molecule has 0 atom stereocenters. The Labute approximate surface area is 193 Å².